The Morgan fingerprint density at radius 2 is 1.85 bits per heavy atom. The molecule has 1 unspecified atom stereocenters. The van der Waals surface area contributed by atoms with Gasteiger partial charge in [-0.15, -0.1) is 0 Å². The molecule has 1 saturated heterocycles. The van der Waals surface area contributed by atoms with Crippen LogP contribution in [0.1, 0.15) is 36.5 Å². The Morgan fingerprint density at radius 1 is 1.15 bits per heavy atom. The molecule has 1 heterocycles. The van der Waals surface area contributed by atoms with E-state index in [1.54, 1.807) is 0 Å². The maximum Gasteiger partial charge on any atom is 0.416 e. The Balaban J connectivity index is 1.73. The molecule has 0 aromatic heterocycles. The van der Waals surface area contributed by atoms with Gasteiger partial charge in [0.05, 0.1) is 24.6 Å². The van der Waals surface area contributed by atoms with Crippen molar-refractivity contribution in [2.24, 2.45) is 11.8 Å². The van der Waals surface area contributed by atoms with Gasteiger partial charge in [-0.1, -0.05) is 18.2 Å². The van der Waals surface area contributed by atoms with Crippen LogP contribution in [0.4, 0.5) is 13.2 Å². The van der Waals surface area contributed by atoms with Crippen LogP contribution in [0.25, 0.3) is 0 Å². The van der Waals surface area contributed by atoms with Crippen molar-refractivity contribution in [2.45, 2.75) is 31.5 Å². The van der Waals surface area contributed by atoms with Crippen molar-refractivity contribution in [1.82, 2.24) is 4.90 Å². The summed E-state index contributed by atoms with van der Waals surface area (Å²) in [6.07, 6.45) is -4.10. The number of carbonyl (C=O) groups is 2. The number of carbonyl (C=O) groups excluding carboxylic acids is 1. The zero-order chi connectivity index (χ0) is 18.9. The number of carboxylic acid groups (broad SMARTS) is 1. The van der Waals surface area contributed by atoms with Crippen LogP contribution in [0.15, 0.2) is 24.3 Å². The molecule has 1 amide bonds. The molecule has 0 radical (unpaired) electrons. The molecule has 3 atom stereocenters. The number of hydrogen-bond acceptors (Lipinski definition) is 3. The van der Waals surface area contributed by atoms with E-state index in [1.165, 1.54) is 23.1 Å². The zero-order valence-electron chi connectivity index (χ0n) is 14.0. The maximum absolute atomic E-state index is 13.2. The average molecular weight is 371 g/mol. The van der Waals surface area contributed by atoms with Gasteiger partial charge in [0.2, 0.25) is 5.91 Å². The van der Waals surface area contributed by atoms with Crippen LogP contribution >= 0.6 is 0 Å². The van der Waals surface area contributed by atoms with E-state index in [0.717, 1.165) is 6.07 Å². The summed E-state index contributed by atoms with van der Waals surface area (Å²) in [4.78, 5) is 25.3. The normalized spacial score (nSPS) is 26.7. The Bertz CT molecular complexity index is 691. The van der Waals surface area contributed by atoms with Crippen molar-refractivity contribution in [3.8, 4) is 0 Å². The van der Waals surface area contributed by atoms with Gasteiger partial charge >= 0.3 is 12.1 Å². The van der Waals surface area contributed by atoms with E-state index in [-0.39, 0.29) is 37.0 Å². The lowest BCUT2D eigenvalue weighted by molar-refractivity contribution is -0.146. The number of nitrogens with zero attached hydrogens (tertiary/aromatic N) is 1. The van der Waals surface area contributed by atoms with E-state index in [9.17, 15) is 22.8 Å². The van der Waals surface area contributed by atoms with Gasteiger partial charge < -0.3 is 14.7 Å². The topological polar surface area (TPSA) is 66.8 Å². The Kier molecular flexibility index (Phi) is 5.22. The highest BCUT2D eigenvalue weighted by Gasteiger charge is 2.39. The van der Waals surface area contributed by atoms with Crippen LogP contribution in [0.5, 0.6) is 0 Å². The van der Waals surface area contributed by atoms with Crippen molar-refractivity contribution in [3.05, 3.63) is 35.4 Å². The largest absolute Gasteiger partial charge is 0.481 e. The van der Waals surface area contributed by atoms with E-state index in [2.05, 4.69) is 0 Å². The van der Waals surface area contributed by atoms with Gasteiger partial charge in [-0.05, 0) is 30.9 Å². The van der Waals surface area contributed by atoms with Crippen LogP contribution in [-0.2, 0) is 20.5 Å². The zero-order valence-corrected chi connectivity index (χ0v) is 14.0. The van der Waals surface area contributed by atoms with Crippen LogP contribution < -0.4 is 0 Å². The minimum Gasteiger partial charge on any atom is -0.481 e. The van der Waals surface area contributed by atoms with Crippen LogP contribution in [-0.4, -0.2) is 41.6 Å². The molecular formula is C18H20F3NO4. The molecule has 0 spiro atoms. The number of aliphatic carboxylic acids is 1. The monoisotopic (exact) mass is 371 g/mol. The fraction of sp³-hybridized carbons (Fsp3) is 0.556. The van der Waals surface area contributed by atoms with Crippen molar-refractivity contribution in [2.75, 3.05) is 19.7 Å². The Morgan fingerprint density at radius 3 is 2.50 bits per heavy atom. The summed E-state index contributed by atoms with van der Waals surface area (Å²) in [6, 6.07) is 5.22. The minimum atomic E-state index is -4.49. The lowest BCUT2D eigenvalue weighted by Gasteiger charge is -2.35. The van der Waals surface area contributed by atoms with Gasteiger partial charge in [-0.3, -0.25) is 9.59 Å². The van der Waals surface area contributed by atoms with Gasteiger partial charge in [0.1, 0.15) is 6.10 Å². The summed E-state index contributed by atoms with van der Waals surface area (Å²) < 4.78 is 45.2. The second-order valence-electron chi connectivity index (χ2n) is 6.77. The number of benzene rings is 1. The molecule has 5 nitrogen and oxygen atoms in total. The highest BCUT2D eigenvalue weighted by atomic mass is 19.4. The Hall–Kier alpha value is -2.09. The molecule has 2 fully saturated rings. The third-order valence-electron chi connectivity index (χ3n) is 5.12. The summed E-state index contributed by atoms with van der Waals surface area (Å²) in [5.74, 6) is -2.00. The highest BCUT2D eigenvalue weighted by molar-refractivity contribution is 5.81. The molecule has 1 aromatic rings. The summed E-state index contributed by atoms with van der Waals surface area (Å²) in [6.45, 7) is 0.496. The summed E-state index contributed by atoms with van der Waals surface area (Å²) >= 11 is 0. The van der Waals surface area contributed by atoms with Crippen LogP contribution in [0.3, 0.4) is 0 Å². The van der Waals surface area contributed by atoms with Crippen LogP contribution in [0.2, 0.25) is 0 Å². The van der Waals surface area contributed by atoms with Gasteiger partial charge in [0, 0.05) is 12.5 Å². The molecule has 3 rings (SSSR count). The quantitative estimate of drug-likeness (QED) is 0.887. The van der Waals surface area contributed by atoms with Gasteiger partial charge in [0.15, 0.2) is 0 Å². The predicted octanol–water partition coefficient (Wildman–Crippen LogP) is 3.11. The van der Waals surface area contributed by atoms with Crippen molar-refractivity contribution < 1.29 is 32.6 Å². The van der Waals surface area contributed by atoms with Crippen molar-refractivity contribution in [1.29, 1.82) is 0 Å². The standard InChI is InChI=1S/C18H20F3NO4/c19-18(20,21)14-4-2-1-3-13(14)15-10-22(7-8-26-15)16(23)11-5-6-12(9-11)17(24)25/h1-4,11-12,15H,5-10H2,(H,24,25)/t11-,12+,15?/m0/s1. The van der Waals surface area contributed by atoms with Gasteiger partial charge in [0.25, 0.3) is 0 Å². The number of rotatable bonds is 3. The number of ether oxygens (including phenoxy) is 1. The fourth-order valence-electron chi connectivity index (χ4n) is 3.76. The molecule has 0 bridgehead atoms. The van der Waals surface area contributed by atoms with Gasteiger partial charge in [-0.25, -0.2) is 0 Å². The second-order valence-corrected chi connectivity index (χ2v) is 6.77. The Labute approximate surface area is 148 Å². The lowest BCUT2D eigenvalue weighted by atomic mass is 9.99. The molecule has 142 valence electrons. The van der Waals surface area contributed by atoms with E-state index in [0.29, 0.717) is 19.4 Å². The first-order chi connectivity index (χ1) is 12.3. The minimum absolute atomic E-state index is 0.0207. The number of halogens is 3. The fourth-order valence-corrected chi connectivity index (χ4v) is 3.76. The van der Waals surface area contributed by atoms with E-state index >= 15 is 0 Å². The molecule has 26 heavy (non-hydrogen) atoms. The molecule has 8 heteroatoms. The molecule has 1 aromatic carbocycles. The smallest absolute Gasteiger partial charge is 0.416 e. The molecule has 1 N–H and O–H groups in total. The molecule has 2 aliphatic rings. The van der Waals surface area contributed by atoms with Gasteiger partial charge in [-0.2, -0.15) is 13.2 Å². The number of hydrogen-bond donors (Lipinski definition) is 1. The first kappa shape index (κ1) is 18.7. The second kappa shape index (κ2) is 7.26. The number of morpholine rings is 1. The van der Waals surface area contributed by atoms with E-state index < -0.39 is 29.7 Å². The van der Waals surface area contributed by atoms with E-state index in [1.807, 2.05) is 0 Å². The summed E-state index contributed by atoms with van der Waals surface area (Å²) in [5, 5.41) is 9.07. The number of alkyl halides is 3. The molecule has 1 aliphatic carbocycles. The van der Waals surface area contributed by atoms with Crippen LogP contribution in [0, 0.1) is 11.8 Å². The summed E-state index contributed by atoms with van der Waals surface area (Å²) in [5.41, 5.74) is -0.738. The number of amides is 1. The van der Waals surface area contributed by atoms with E-state index in [4.69, 9.17) is 9.84 Å². The SMILES string of the molecule is O=C(O)[C@@H]1CC[C@H](C(=O)N2CCOC(c3ccccc3C(F)(F)F)C2)C1. The molecule has 1 aliphatic heterocycles. The third-order valence-corrected chi connectivity index (χ3v) is 5.12. The summed E-state index contributed by atoms with van der Waals surface area (Å²) in [7, 11) is 0. The van der Waals surface area contributed by atoms with Crippen molar-refractivity contribution >= 4 is 11.9 Å². The first-order valence-electron chi connectivity index (χ1n) is 8.56. The van der Waals surface area contributed by atoms with Crippen molar-refractivity contribution in [3.63, 3.8) is 0 Å². The maximum atomic E-state index is 13.2. The predicted molar refractivity (Wildman–Crippen MR) is 85.2 cm³/mol. The first-order valence-corrected chi connectivity index (χ1v) is 8.56. The lowest BCUT2D eigenvalue weighted by Crippen LogP contribution is -2.45. The molecular weight excluding hydrogens is 351 g/mol. The molecule has 1 saturated carbocycles. The average Bonchev–Trinajstić information content (AvgIpc) is 3.11. The third kappa shape index (κ3) is 3.85. The highest BCUT2D eigenvalue weighted by Crippen LogP contribution is 2.38. The number of carboxylic acids is 1.